The second-order valence-electron chi connectivity index (χ2n) is 8.02. The van der Waals surface area contributed by atoms with Crippen LogP contribution in [0.3, 0.4) is 0 Å². The van der Waals surface area contributed by atoms with Gasteiger partial charge in [-0.3, -0.25) is 9.59 Å². The van der Waals surface area contributed by atoms with Crippen LogP contribution in [0.25, 0.3) is 6.08 Å². The largest absolute Gasteiger partial charge is 0.370 e. The molecule has 1 aliphatic carbocycles. The zero-order valence-corrected chi connectivity index (χ0v) is 16.8. The van der Waals surface area contributed by atoms with Gasteiger partial charge >= 0.3 is 0 Å². The Morgan fingerprint density at radius 2 is 1.97 bits per heavy atom. The van der Waals surface area contributed by atoms with E-state index in [-0.39, 0.29) is 24.3 Å². The average molecular weight is 396 g/mol. The van der Waals surface area contributed by atoms with Crippen LogP contribution in [-0.4, -0.2) is 59.8 Å². The first kappa shape index (κ1) is 19.5. The van der Waals surface area contributed by atoms with Gasteiger partial charge in [0.25, 0.3) is 0 Å². The smallest absolute Gasteiger partial charge is 0.247 e. The normalized spacial score (nSPS) is 22.0. The number of rotatable bonds is 4. The number of nitrogens with two attached hydrogens (primary N) is 1. The lowest BCUT2D eigenvalue weighted by atomic mass is 10.1. The minimum absolute atomic E-state index is 0.0396. The van der Waals surface area contributed by atoms with Crippen molar-refractivity contribution in [2.45, 2.75) is 44.6 Å². The third-order valence-corrected chi connectivity index (χ3v) is 5.89. The van der Waals surface area contributed by atoms with Gasteiger partial charge in [0.1, 0.15) is 6.04 Å². The number of guanidine groups is 1. The molecule has 3 aliphatic rings. The Balaban J connectivity index is 1.41. The lowest BCUT2D eigenvalue weighted by Crippen LogP contribution is -2.45. The number of carbonyl (C=O) groups excluding carboxylic acids is 2. The van der Waals surface area contributed by atoms with Gasteiger partial charge in [-0.2, -0.15) is 0 Å². The number of anilines is 1. The van der Waals surface area contributed by atoms with E-state index in [2.05, 4.69) is 28.5 Å². The molecule has 1 atom stereocenters. The van der Waals surface area contributed by atoms with Crippen molar-refractivity contribution in [1.82, 2.24) is 9.80 Å². The maximum atomic E-state index is 13.0. The van der Waals surface area contributed by atoms with Crippen LogP contribution in [0.1, 0.15) is 43.2 Å². The molecule has 0 bridgehead atoms. The van der Waals surface area contributed by atoms with E-state index in [0.717, 1.165) is 50.9 Å². The van der Waals surface area contributed by atoms with E-state index in [1.54, 1.807) is 4.90 Å². The number of amides is 2. The summed E-state index contributed by atoms with van der Waals surface area (Å²) in [5.41, 5.74) is 9.45. The van der Waals surface area contributed by atoms with Crippen LogP contribution in [-0.2, 0) is 16.0 Å². The molecule has 2 saturated heterocycles. The Morgan fingerprint density at radius 1 is 1.17 bits per heavy atom. The van der Waals surface area contributed by atoms with E-state index >= 15 is 0 Å². The number of allylic oxidation sites excluding steroid dienone is 1. The summed E-state index contributed by atoms with van der Waals surface area (Å²) in [6, 6.07) is 5.56. The number of nitrogens with zero attached hydrogens (tertiary/aromatic N) is 3. The molecule has 0 unspecified atom stereocenters. The van der Waals surface area contributed by atoms with Gasteiger partial charge in [0.2, 0.25) is 11.8 Å². The van der Waals surface area contributed by atoms with Crippen molar-refractivity contribution in [3.63, 3.8) is 0 Å². The molecule has 2 aliphatic heterocycles. The monoisotopic (exact) mass is 395 g/mol. The molecule has 4 rings (SSSR count). The van der Waals surface area contributed by atoms with Gasteiger partial charge < -0.3 is 20.9 Å². The fourth-order valence-electron chi connectivity index (χ4n) is 4.27. The summed E-state index contributed by atoms with van der Waals surface area (Å²) in [6.07, 6.45) is 9.72. The fourth-order valence-corrected chi connectivity index (χ4v) is 4.27. The minimum Gasteiger partial charge on any atom is -0.370 e. The van der Waals surface area contributed by atoms with E-state index < -0.39 is 6.04 Å². The molecule has 7 heteroatoms. The second kappa shape index (κ2) is 8.68. The molecule has 0 radical (unpaired) electrons. The first-order chi connectivity index (χ1) is 14.1. The Kier molecular flexibility index (Phi) is 5.83. The first-order valence-corrected chi connectivity index (χ1v) is 10.6. The number of hydrogen-bond donors (Lipinski definition) is 2. The fraction of sp³-hybridized carbons (Fsp3) is 0.500. The molecule has 0 saturated carbocycles. The van der Waals surface area contributed by atoms with E-state index in [1.807, 2.05) is 17.0 Å². The molecule has 0 aromatic heterocycles. The van der Waals surface area contributed by atoms with Crippen molar-refractivity contribution >= 4 is 29.5 Å². The van der Waals surface area contributed by atoms with Crippen LogP contribution in [0.2, 0.25) is 0 Å². The molecule has 29 heavy (non-hydrogen) atoms. The second-order valence-corrected chi connectivity index (χ2v) is 8.02. The highest BCUT2D eigenvalue weighted by atomic mass is 16.2. The maximum Gasteiger partial charge on any atom is 0.247 e. The molecule has 0 spiro atoms. The van der Waals surface area contributed by atoms with E-state index in [1.165, 1.54) is 11.1 Å². The van der Waals surface area contributed by atoms with Crippen LogP contribution >= 0.6 is 0 Å². The standard InChI is InChI=1S/C22H29N5O2/c23-22(24-18-10-9-16-6-5-7-17(16)14-18)25-19-8-1-2-13-27(21(19)29)15-20(28)26-11-3-4-12-26/h5,7,9-10,14,19H,1-4,6,8,11-13,15H2,(H3,23,24,25)/t19-/m0/s1. The quantitative estimate of drug-likeness (QED) is 0.602. The third-order valence-electron chi connectivity index (χ3n) is 5.89. The molecule has 1 aromatic carbocycles. The summed E-state index contributed by atoms with van der Waals surface area (Å²) in [5, 5.41) is 3.11. The van der Waals surface area contributed by atoms with Gasteiger partial charge in [0.15, 0.2) is 5.96 Å². The number of nitrogens with one attached hydrogen (secondary N) is 1. The maximum absolute atomic E-state index is 13.0. The van der Waals surface area contributed by atoms with Crippen LogP contribution in [0.5, 0.6) is 0 Å². The SMILES string of the molecule is NC(=N[C@H]1CCCCN(CC(=O)N2CCCC2)C1=O)Nc1ccc2c(c1)C=CC2. The first-order valence-electron chi connectivity index (χ1n) is 10.6. The molecule has 7 nitrogen and oxygen atoms in total. The Bertz CT molecular complexity index is 842. The van der Waals surface area contributed by atoms with Gasteiger partial charge in [-0.25, -0.2) is 4.99 Å². The number of carbonyl (C=O) groups is 2. The molecular formula is C22H29N5O2. The van der Waals surface area contributed by atoms with Gasteiger partial charge in [0.05, 0.1) is 6.54 Å². The van der Waals surface area contributed by atoms with Crippen LogP contribution in [0.4, 0.5) is 5.69 Å². The highest BCUT2D eigenvalue weighted by Gasteiger charge is 2.30. The van der Waals surface area contributed by atoms with E-state index in [0.29, 0.717) is 13.0 Å². The topological polar surface area (TPSA) is 91.0 Å². The zero-order chi connectivity index (χ0) is 20.2. The lowest BCUT2D eigenvalue weighted by Gasteiger charge is -2.25. The number of hydrogen-bond acceptors (Lipinski definition) is 3. The van der Waals surface area contributed by atoms with Crippen LogP contribution < -0.4 is 11.1 Å². The van der Waals surface area contributed by atoms with Crippen molar-refractivity contribution in [3.8, 4) is 0 Å². The zero-order valence-electron chi connectivity index (χ0n) is 16.8. The minimum atomic E-state index is -0.536. The van der Waals surface area contributed by atoms with Crippen molar-refractivity contribution in [3.05, 3.63) is 35.4 Å². The summed E-state index contributed by atoms with van der Waals surface area (Å²) in [6.45, 7) is 2.36. The summed E-state index contributed by atoms with van der Waals surface area (Å²) >= 11 is 0. The number of likely N-dealkylation sites (tertiary alicyclic amines) is 2. The highest BCUT2D eigenvalue weighted by molar-refractivity contribution is 5.95. The Hall–Kier alpha value is -2.83. The number of aliphatic imine (C=N–C) groups is 1. The lowest BCUT2D eigenvalue weighted by molar-refractivity contribution is -0.140. The number of benzene rings is 1. The van der Waals surface area contributed by atoms with Gasteiger partial charge in [0, 0.05) is 25.3 Å². The van der Waals surface area contributed by atoms with Crippen molar-refractivity contribution < 1.29 is 9.59 Å². The van der Waals surface area contributed by atoms with Gasteiger partial charge in [-0.15, -0.1) is 0 Å². The van der Waals surface area contributed by atoms with E-state index in [9.17, 15) is 9.59 Å². The molecule has 2 heterocycles. The predicted molar refractivity (Wildman–Crippen MR) is 114 cm³/mol. The average Bonchev–Trinajstić information content (AvgIpc) is 3.37. The third kappa shape index (κ3) is 4.60. The van der Waals surface area contributed by atoms with E-state index in [4.69, 9.17) is 5.73 Å². The van der Waals surface area contributed by atoms with Crippen molar-refractivity contribution in [2.75, 3.05) is 31.5 Å². The Labute approximate surface area is 171 Å². The molecule has 2 amide bonds. The Morgan fingerprint density at radius 3 is 2.79 bits per heavy atom. The summed E-state index contributed by atoms with van der Waals surface area (Å²) in [7, 11) is 0. The summed E-state index contributed by atoms with van der Waals surface area (Å²) in [4.78, 5) is 33.5. The molecule has 3 N–H and O–H groups in total. The molecule has 154 valence electrons. The van der Waals surface area contributed by atoms with Crippen LogP contribution in [0, 0.1) is 0 Å². The molecular weight excluding hydrogens is 366 g/mol. The van der Waals surface area contributed by atoms with Crippen LogP contribution in [0.15, 0.2) is 29.3 Å². The van der Waals surface area contributed by atoms with Crippen molar-refractivity contribution in [1.29, 1.82) is 0 Å². The molecule has 2 fully saturated rings. The number of fused-ring (bicyclic) bond motifs is 1. The molecule has 1 aromatic rings. The summed E-state index contributed by atoms with van der Waals surface area (Å²) < 4.78 is 0. The highest BCUT2D eigenvalue weighted by Crippen LogP contribution is 2.23. The van der Waals surface area contributed by atoms with Crippen molar-refractivity contribution in [2.24, 2.45) is 10.7 Å². The summed E-state index contributed by atoms with van der Waals surface area (Å²) in [5.74, 6) is 0.174. The van der Waals surface area contributed by atoms with Gasteiger partial charge in [-0.1, -0.05) is 18.2 Å². The predicted octanol–water partition coefficient (Wildman–Crippen LogP) is 1.99. The van der Waals surface area contributed by atoms with Gasteiger partial charge in [-0.05, 0) is 61.8 Å².